The van der Waals surface area contributed by atoms with Gasteiger partial charge < -0.3 is 27.0 Å². The van der Waals surface area contributed by atoms with Gasteiger partial charge in [-0.25, -0.2) is 9.78 Å². The third kappa shape index (κ3) is 4.06. The summed E-state index contributed by atoms with van der Waals surface area (Å²) in [6.45, 7) is 1.07. The topological polar surface area (TPSA) is 109 Å². The van der Waals surface area contributed by atoms with Crippen molar-refractivity contribution in [1.82, 2.24) is 15.2 Å². The quantitative estimate of drug-likeness (QED) is 0.549. The fourth-order valence-corrected chi connectivity index (χ4v) is 1.10. The summed E-state index contributed by atoms with van der Waals surface area (Å²) in [5.41, 5.74) is 11.6. The Morgan fingerprint density at radius 1 is 1.35 bits per heavy atom. The van der Waals surface area contributed by atoms with Gasteiger partial charge in [0.05, 0.1) is 5.69 Å². The highest BCUT2D eigenvalue weighted by Gasteiger charge is 2.01. The van der Waals surface area contributed by atoms with E-state index in [4.69, 9.17) is 11.5 Å². The van der Waals surface area contributed by atoms with Gasteiger partial charge in [-0.05, 0) is 12.1 Å². The number of rotatable bonds is 4. The number of urea groups is 1. The largest absolute Gasteiger partial charge is 0.396 e. The van der Waals surface area contributed by atoms with E-state index in [1.807, 2.05) is 0 Å². The van der Waals surface area contributed by atoms with Crippen LogP contribution in [0.4, 0.5) is 22.1 Å². The van der Waals surface area contributed by atoms with Crippen molar-refractivity contribution < 1.29 is 4.79 Å². The molecule has 0 saturated heterocycles. The zero-order valence-electron chi connectivity index (χ0n) is 10.0. The number of amides is 2. The van der Waals surface area contributed by atoms with Crippen LogP contribution in [0.25, 0.3) is 0 Å². The maximum Gasteiger partial charge on any atom is 0.316 e. The molecule has 0 aliphatic carbocycles. The maximum absolute atomic E-state index is 11.2. The highest BCUT2D eigenvalue weighted by molar-refractivity contribution is 5.73. The van der Waals surface area contributed by atoms with E-state index in [1.54, 1.807) is 26.2 Å². The Hall–Kier alpha value is -2.18. The van der Waals surface area contributed by atoms with Crippen molar-refractivity contribution in [3.05, 3.63) is 12.1 Å². The monoisotopic (exact) mass is 238 g/mol. The van der Waals surface area contributed by atoms with Gasteiger partial charge >= 0.3 is 6.03 Å². The van der Waals surface area contributed by atoms with Crippen LogP contribution in [0.3, 0.4) is 0 Å². The van der Waals surface area contributed by atoms with Crippen LogP contribution < -0.4 is 22.1 Å². The van der Waals surface area contributed by atoms with E-state index in [0.29, 0.717) is 30.4 Å². The fourth-order valence-electron chi connectivity index (χ4n) is 1.10. The van der Waals surface area contributed by atoms with E-state index in [1.165, 1.54) is 4.90 Å². The summed E-state index contributed by atoms with van der Waals surface area (Å²) in [4.78, 5) is 16.7. The number of carbonyl (C=O) groups excluding carboxylic acids is 1. The number of aromatic nitrogens is 1. The molecule has 1 aromatic rings. The number of pyridine rings is 1. The molecule has 1 heterocycles. The highest BCUT2D eigenvalue weighted by atomic mass is 16.2. The first-order valence-electron chi connectivity index (χ1n) is 5.21. The smallest absolute Gasteiger partial charge is 0.316 e. The van der Waals surface area contributed by atoms with Crippen molar-refractivity contribution in [2.24, 2.45) is 0 Å². The molecule has 0 aliphatic rings. The number of carbonyl (C=O) groups is 1. The molecular weight excluding hydrogens is 220 g/mol. The zero-order chi connectivity index (χ0) is 12.8. The Morgan fingerprint density at radius 2 is 2.06 bits per heavy atom. The van der Waals surface area contributed by atoms with Crippen molar-refractivity contribution in [2.75, 3.05) is 44.0 Å². The van der Waals surface area contributed by atoms with Gasteiger partial charge in [0, 0.05) is 27.2 Å². The summed E-state index contributed by atoms with van der Waals surface area (Å²) in [5, 5.41) is 5.75. The van der Waals surface area contributed by atoms with Crippen LogP contribution in [-0.4, -0.2) is 43.1 Å². The predicted molar refractivity (Wildman–Crippen MR) is 68.6 cm³/mol. The molecule has 2 amide bonds. The van der Waals surface area contributed by atoms with Gasteiger partial charge in [0.15, 0.2) is 0 Å². The predicted octanol–water partition coefficient (Wildman–Crippen LogP) is -0.0709. The Kier molecular flexibility index (Phi) is 4.38. The number of nitrogens with one attached hydrogen (secondary N) is 2. The normalized spacial score (nSPS) is 9.76. The van der Waals surface area contributed by atoms with E-state index in [0.717, 1.165) is 0 Å². The molecule has 7 nitrogen and oxygen atoms in total. The average Bonchev–Trinajstić information content (AvgIpc) is 2.28. The molecule has 0 aromatic carbocycles. The lowest BCUT2D eigenvalue weighted by atomic mass is 10.4. The van der Waals surface area contributed by atoms with E-state index >= 15 is 0 Å². The molecule has 1 aromatic heterocycles. The zero-order valence-corrected chi connectivity index (χ0v) is 10.0. The Balaban J connectivity index is 2.31. The lowest BCUT2D eigenvalue weighted by Gasteiger charge is -2.12. The van der Waals surface area contributed by atoms with Gasteiger partial charge in [-0.15, -0.1) is 0 Å². The number of nitrogen functional groups attached to an aromatic ring is 2. The Bertz CT molecular complexity index is 392. The highest BCUT2D eigenvalue weighted by Crippen LogP contribution is 2.13. The maximum atomic E-state index is 11.2. The molecule has 7 heteroatoms. The van der Waals surface area contributed by atoms with Crippen molar-refractivity contribution in [3.63, 3.8) is 0 Å². The fraction of sp³-hybridized carbons (Fsp3) is 0.400. The average molecular weight is 238 g/mol. The third-order valence-electron chi connectivity index (χ3n) is 2.07. The molecular formula is C10H18N6O. The molecule has 0 fully saturated rings. The van der Waals surface area contributed by atoms with Crippen molar-refractivity contribution in [3.8, 4) is 0 Å². The summed E-state index contributed by atoms with van der Waals surface area (Å²) in [6.07, 6.45) is 0. The third-order valence-corrected chi connectivity index (χ3v) is 2.07. The SMILES string of the molecule is CN(C)C(=O)NCCNc1ccc(N)c(N)n1. The molecule has 0 aliphatic heterocycles. The second-order valence-corrected chi connectivity index (χ2v) is 3.72. The van der Waals surface area contributed by atoms with Gasteiger partial charge in [-0.2, -0.15) is 0 Å². The summed E-state index contributed by atoms with van der Waals surface area (Å²) >= 11 is 0. The summed E-state index contributed by atoms with van der Waals surface area (Å²) in [5.74, 6) is 0.933. The van der Waals surface area contributed by atoms with Crippen molar-refractivity contribution in [2.45, 2.75) is 0 Å². The molecule has 0 radical (unpaired) electrons. The number of anilines is 3. The molecule has 1 rings (SSSR count). The lowest BCUT2D eigenvalue weighted by Crippen LogP contribution is -2.37. The first kappa shape index (κ1) is 12.9. The molecule has 0 unspecified atom stereocenters. The number of hydrogen-bond donors (Lipinski definition) is 4. The van der Waals surface area contributed by atoms with Crippen LogP contribution in [0.5, 0.6) is 0 Å². The molecule has 0 bridgehead atoms. The molecule has 0 atom stereocenters. The Morgan fingerprint density at radius 3 is 2.65 bits per heavy atom. The minimum Gasteiger partial charge on any atom is -0.396 e. The van der Waals surface area contributed by atoms with Crippen molar-refractivity contribution >= 4 is 23.4 Å². The second-order valence-electron chi connectivity index (χ2n) is 3.72. The lowest BCUT2D eigenvalue weighted by molar-refractivity contribution is 0.218. The minimum atomic E-state index is -0.128. The van der Waals surface area contributed by atoms with E-state index in [2.05, 4.69) is 15.6 Å². The van der Waals surface area contributed by atoms with Crippen LogP contribution in [-0.2, 0) is 0 Å². The summed E-state index contributed by atoms with van der Waals surface area (Å²) < 4.78 is 0. The van der Waals surface area contributed by atoms with Crippen LogP contribution in [0.1, 0.15) is 0 Å². The van der Waals surface area contributed by atoms with Gasteiger partial charge in [0.2, 0.25) is 0 Å². The van der Waals surface area contributed by atoms with Crippen molar-refractivity contribution in [1.29, 1.82) is 0 Å². The van der Waals surface area contributed by atoms with Gasteiger partial charge in [0.25, 0.3) is 0 Å². The van der Waals surface area contributed by atoms with E-state index in [-0.39, 0.29) is 6.03 Å². The van der Waals surface area contributed by atoms with E-state index < -0.39 is 0 Å². The van der Waals surface area contributed by atoms with Crippen LogP contribution in [0.15, 0.2) is 12.1 Å². The molecule has 94 valence electrons. The number of nitrogens with two attached hydrogens (primary N) is 2. The minimum absolute atomic E-state index is 0.128. The summed E-state index contributed by atoms with van der Waals surface area (Å²) in [7, 11) is 3.37. The standard InChI is InChI=1S/C10H18N6O/c1-16(2)10(17)14-6-5-13-8-4-3-7(11)9(12)15-8/h3-4H,5-6,11H2,1-2H3,(H,14,17)(H3,12,13,15). The number of hydrogen-bond acceptors (Lipinski definition) is 5. The molecule has 0 spiro atoms. The Labute approximate surface area is 100 Å². The first-order valence-corrected chi connectivity index (χ1v) is 5.21. The van der Waals surface area contributed by atoms with E-state index in [9.17, 15) is 4.79 Å². The number of nitrogens with zero attached hydrogens (tertiary/aromatic N) is 2. The van der Waals surface area contributed by atoms with Gasteiger partial charge in [0.1, 0.15) is 11.6 Å². The molecule has 6 N–H and O–H groups in total. The molecule has 0 saturated carbocycles. The van der Waals surface area contributed by atoms with Gasteiger partial charge in [-0.3, -0.25) is 0 Å². The van der Waals surface area contributed by atoms with Crippen LogP contribution >= 0.6 is 0 Å². The first-order chi connectivity index (χ1) is 8.00. The van der Waals surface area contributed by atoms with Crippen LogP contribution in [0.2, 0.25) is 0 Å². The van der Waals surface area contributed by atoms with Gasteiger partial charge in [-0.1, -0.05) is 0 Å². The molecule has 17 heavy (non-hydrogen) atoms. The summed E-state index contributed by atoms with van der Waals surface area (Å²) in [6, 6.07) is 3.29. The second kappa shape index (κ2) is 5.78. The van der Waals surface area contributed by atoms with Crippen LogP contribution in [0, 0.1) is 0 Å².